The molecule has 4 atom stereocenters. The van der Waals surface area contributed by atoms with Gasteiger partial charge in [0.2, 0.25) is 0 Å². The number of hydrogen-bond acceptors (Lipinski definition) is 3. The zero-order chi connectivity index (χ0) is 18.9. The lowest BCUT2D eigenvalue weighted by atomic mass is 9.75. The number of thioether (sulfide) groups is 1. The molecule has 2 heterocycles. The van der Waals surface area contributed by atoms with Crippen LogP contribution in [0.5, 0.6) is 0 Å². The first kappa shape index (κ1) is 21.2. The van der Waals surface area contributed by atoms with Crippen molar-refractivity contribution in [1.29, 1.82) is 0 Å². The van der Waals surface area contributed by atoms with Crippen molar-refractivity contribution in [3.8, 4) is 0 Å². The predicted molar refractivity (Wildman–Crippen MR) is 113 cm³/mol. The number of unbranched alkanes of at least 4 members (excludes halogenated alkanes) is 2. The van der Waals surface area contributed by atoms with Crippen LogP contribution in [0.25, 0.3) is 0 Å². The van der Waals surface area contributed by atoms with E-state index in [9.17, 15) is 4.79 Å². The van der Waals surface area contributed by atoms with E-state index in [1.807, 2.05) is 0 Å². The highest BCUT2D eigenvalue weighted by Gasteiger charge is 2.46. The second-order valence-electron chi connectivity index (χ2n) is 8.74. The topological polar surface area (TPSA) is 46.5 Å². The molecule has 3 rings (SSSR count). The van der Waals surface area contributed by atoms with Crippen LogP contribution in [0, 0.1) is 11.8 Å². The Hall–Kier alpha value is -0.480. The molecule has 0 unspecified atom stereocenters. The number of carbonyl (C=O) groups is 1. The Morgan fingerprint density at radius 2 is 1.74 bits per heavy atom. The van der Waals surface area contributed by atoms with Gasteiger partial charge in [-0.05, 0) is 69.6 Å². The zero-order valence-electron chi connectivity index (χ0n) is 16.8. The van der Waals surface area contributed by atoms with E-state index < -0.39 is 5.97 Å². The summed E-state index contributed by atoms with van der Waals surface area (Å²) in [6, 6.07) is 0. The molecule has 3 aliphatic rings. The average molecular weight is 395 g/mol. The summed E-state index contributed by atoms with van der Waals surface area (Å²) >= 11 is 2.26. The number of hydrogen-bond donors (Lipinski definition) is 1. The van der Waals surface area contributed by atoms with Gasteiger partial charge in [-0.15, -0.1) is 0 Å². The number of allylic oxidation sites excluding steroid dienone is 2. The van der Waals surface area contributed by atoms with Gasteiger partial charge in [0.15, 0.2) is 0 Å². The van der Waals surface area contributed by atoms with Crippen LogP contribution in [-0.4, -0.2) is 34.3 Å². The van der Waals surface area contributed by atoms with Crippen LogP contribution in [0.15, 0.2) is 12.2 Å². The SMILES string of the molecule is O=C(O)CCCC=CC[C@@H]1[C@H](CCCCOC2CCCCC2)[C@@H]2CC[C@H]1S2. The molecule has 1 N–H and O–H groups in total. The highest BCUT2D eigenvalue weighted by Crippen LogP contribution is 2.55. The summed E-state index contributed by atoms with van der Waals surface area (Å²) in [5, 5.41) is 10.5. The fourth-order valence-corrected chi connectivity index (χ4v) is 7.35. The average Bonchev–Trinajstić information content (AvgIpc) is 3.27. The summed E-state index contributed by atoms with van der Waals surface area (Å²) in [6.45, 7) is 0.965. The molecule has 27 heavy (non-hydrogen) atoms. The second-order valence-corrected chi connectivity index (χ2v) is 10.2. The largest absolute Gasteiger partial charge is 0.481 e. The minimum atomic E-state index is -0.680. The predicted octanol–water partition coefficient (Wildman–Crippen LogP) is 6.22. The minimum absolute atomic E-state index is 0.292. The maximum Gasteiger partial charge on any atom is 0.303 e. The van der Waals surface area contributed by atoms with Crippen LogP contribution >= 0.6 is 11.8 Å². The van der Waals surface area contributed by atoms with E-state index in [2.05, 4.69) is 23.9 Å². The molecule has 154 valence electrons. The number of ether oxygens (including phenoxy) is 1. The summed E-state index contributed by atoms with van der Waals surface area (Å²) in [5.41, 5.74) is 0. The molecular formula is C23H38O3S. The van der Waals surface area contributed by atoms with Crippen molar-refractivity contribution >= 4 is 17.7 Å². The fraction of sp³-hybridized carbons (Fsp3) is 0.870. The number of rotatable bonds is 12. The number of carboxylic acid groups (broad SMARTS) is 1. The Bertz CT molecular complexity index is 472. The second kappa shape index (κ2) is 11.5. The fourth-order valence-electron chi connectivity index (χ4n) is 5.30. The Morgan fingerprint density at radius 1 is 0.963 bits per heavy atom. The number of carboxylic acids is 1. The molecule has 2 saturated heterocycles. The van der Waals surface area contributed by atoms with E-state index in [1.54, 1.807) is 0 Å². The first-order valence-corrected chi connectivity index (χ1v) is 12.3. The monoisotopic (exact) mass is 394 g/mol. The van der Waals surface area contributed by atoms with Gasteiger partial charge in [-0.3, -0.25) is 4.79 Å². The molecular weight excluding hydrogens is 356 g/mol. The lowest BCUT2D eigenvalue weighted by molar-refractivity contribution is -0.137. The minimum Gasteiger partial charge on any atom is -0.481 e. The van der Waals surface area contributed by atoms with Crippen LogP contribution in [-0.2, 0) is 9.53 Å². The van der Waals surface area contributed by atoms with Crippen molar-refractivity contribution in [2.45, 2.75) is 106 Å². The van der Waals surface area contributed by atoms with E-state index in [-0.39, 0.29) is 0 Å². The molecule has 3 nitrogen and oxygen atoms in total. The molecule has 3 fully saturated rings. The molecule has 1 saturated carbocycles. The Balaban J connectivity index is 1.31. The molecule has 0 amide bonds. The first-order valence-electron chi connectivity index (χ1n) is 11.4. The normalized spacial score (nSPS) is 31.1. The Labute approximate surface area is 169 Å². The van der Waals surface area contributed by atoms with Gasteiger partial charge in [-0.2, -0.15) is 11.8 Å². The van der Waals surface area contributed by atoms with E-state index in [0.29, 0.717) is 12.5 Å². The number of aliphatic carboxylic acids is 1. The van der Waals surface area contributed by atoms with Crippen LogP contribution in [0.2, 0.25) is 0 Å². The van der Waals surface area contributed by atoms with E-state index >= 15 is 0 Å². The van der Waals surface area contributed by atoms with Crippen molar-refractivity contribution in [2.75, 3.05) is 6.61 Å². The van der Waals surface area contributed by atoms with Crippen molar-refractivity contribution in [1.82, 2.24) is 0 Å². The molecule has 0 aromatic rings. The molecule has 2 bridgehead atoms. The van der Waals surface area contributed by atoms with Gasteiger partial charge in [-0.25, -0.2) is 0 Å². The van der Waals surface area contributed by atoms with E-state index in [1.165, 1.54) is 70.6 Å². The van der Waals surface area contributed by atoms with Gasteiger partial charge in [0.1, 0.15) is 0 Å². The summed E-state index contributed by atoms with van der Waals surface area (Å²) in [6.07, 6.45) is 21.7. The maximum atomic E-state index is 10.6. The molecule has 0 aromatic carbocycles. The van der Waals surface area contributed by atoms with Crippen molar-refractivity contribution in [3.05, 3.63) is 12.2 Å². The third-order valence-corrected chi connectivity index (χ3v) is 8.63. The molecule has 0 spiro atoms. The smallest absolute Gasteiger partial charge is 0.303 e. The highest BCUT2D eigenvalue weighted by molar-refractivity contribution is 8.01. The van der Waals surface area contributed by atoms with Crippen molar-refractivity contribution < 1.29 is 14.6 Å². The maximum absolute atomic E-state index is 10.6. The highest BCUT2D eigenvalue weighted by atomic mass is 32.2. The van der Waals surface area contributed by atoms with E-state index in [4.69, 9.17) is 9.84 Å². The van der Waals surface area contributed by atoms with Crippen LogP contribution in [0.4, 0.5) is 0 Å². The van der Waals surface area contributed by atoms with Crippen LogP contribution in [0.1, 0.15) is 89.9 Å². The van der Waals surface area contributed by atoms with Gasteiger partial charge < -0.3 is 9.84 Å². The van der Waals surface area contributed by atoms with Crippen LogP contribution < -0.4 is 0 Å². The Kier molecular flexibility index (Phi) is 9.05. The molecule has 1 aliphatic carbocycles. The lowest BCUT2D eigenvalue weighted by Crippen LogP contribution is -2.27. The standard InChI is InChI=1S/C23H38O3S/c24-23(25)14-7-2-1-6-12-19-20(22-16-15-21(19)27-22)13-8-9-17-26-18-10-4-3-5-11-18/h1,6,18-22H,2-5,7-17H2,(H,24,25)/t19-,20+,21-,22+/m1/s1. The summed E-state index contributed by atoms with van der Waals surface area (Å²) in [5.74, 6) is 1.07. The van der Waals surface area contributed by atoms with Gasteiger partial charge in [0.05, 0.1) is 6.10 Å². The number of fused-ring (bicyclic) bond motifs is 2. The molecule has 4 heteroatoms. The van der Waals surface area contributed by atoms with Gasteiger partial charge in [0.25, 0.3) is 0 Å². The van der Waals surface area contributed by atoms with Gasteiger partial charge in [-0.1, -0.05) is 37.8 Å². The van der Waals surface area contributed by atoms with Gasteiger partial charge >= 0.3 is 5.97 Å². The molecule has 0 radical (unpaired) electrons. The third-order valence-electron chi connectivity index (χ3n) is 6.76. The Morgan fingerprint density at radius 3 is 2.52 bits per heavy atom. The first-order chi connectivity index (χ1) is 13.2. The summed E-state index contributed by atoms with van der Waals surface area (Å²) in [7, 11) is 0. The van der Waals surface area contributed by atoms with E-state index in [0.717, 1.165) is 41.8 Å². The summed E-state index contributed by atoms with van der Waals surface area (Å²) < 4.78 is 6.10. The quantitative estimate of drug-likeness (QED) is 0.315. The summed E-state index contributed by atoms with van der Waals surface area (Å²) in [4.78, 5) is 10.6. The van der Waals surface area contributed by atoms with Crippen molar-refractivity contribution in [2.24, 2.45) is 11.8 Å². The zero-order valence-corrected chi connectivity index (χ0v) is 17.6. The lowest BCUT2D eigenvalue weighted by Gasteiger charge is -2.29. The molecule has 0 aromatic heterocycles. The third kappa shape index (κ3) is 6.81. The van der Waals surface area contributed by atoms with Gasteiger partial charge in [0, 0.05) is 23.5 Å². The van der Waals surface area contributed by atoms with Crippen LogP contribution in [0.3, 0.4) is 0 Å². The molecule has 2 aliphatic heterocycles. The van der Waals surface area contributed by atoms with Crippen molar-refractivity contribution in [3.63, 3.8) is 0 Å².